The highest BCUT2D eigenvalue weighted by molar-refractivity contribution is 5.85. The molecule has 0 saturated carbocycles. The van der Waals surface area contributed by atoms with E-state index in [1.165, 1.54) is 5.56 Å². The van der Waals surface area contributed by atoms with Crippen LogP contribution < -0.4 is 5.32 Å². The summed E-state index contributed by atoms with van der Waals surface area (Å²) in [7, 11) is 0. The summed E-state index contributed by atoms with van der Waals surface area (Å²) in [6.07, 6.45) is 5.95. The number of carbonyl (C=O) groups excluding carboxylic acids is 1. The molecule has 3 heterocycles. The molecule has 6 heteroatoms. The van der Waals surface area contributed by atoms with E-state index in [0.717, 1.165) is 37.9 Å². The van der Waals surface area contributed by atoms with Crippen molar-refractivity contribution in [3.63, 3.8) is 0 Å². The van der Waals surface area contributed by atoms with Gasteiger partial charge in [-0.05, 0) is 61.7 Å². The van der Waals surface area contributed by atoms with Gasteiger partial charge in [-0.1, -0.05) is 6.07 Å². The highest BCUT2D eigenvalue weighted by atomic mass is 16.3. The van der Waals surface area contributed by atoms with Crippen molar-refractivity contribution in [2.24, 2.45) is 0 Å². The van der Waals surface area contributed by atoms with Crippen molar-refractivity contribution in [1.29, 1.82) is 0 Å². The minimum atomic E-state index is -0.594. The Labute approximate surface area is 141 Å². The lowest BCUT2D eigenvalue weighted by molar-refractivity contribution is -0.144. The molecule has 24 heavy (non-hydrogen) atoms. The molecule has 126 valence electrons. The minimum Gasteiger partial charge on any atom is -0.508 e. The molecule has 0 bridgehead atoms. The quantitative estimate of drug-likeness (QED) is 0.871. The van der Waals surface area contributed by atoms with Crippen LogP contribution in [0.2, 0.25) is 0 Å². The second kappa shape index (κ2) is 5.94. The monoisotopic (exact) mass is 326 g/mol. The van der Waals surface area contributed by atoms with Gasteiger partial charge in [-0.15, -0.1) is 0 Å². The number of rotatable bonds is 2. The smallest absolute Gasteiger partial charge is 0.250 e. The third-order valence-corrected chi connectivity index (χ3v) is 5.26. The number of nitrogens with one attached hydrogen (secondary N) is 1. The van der Waals surface area contributed by atoms with Gasteiger partial charge in [0, 0.05) is 25.5 Å². The maximum Gasteiger partial charge on any atom is 0.250 e. The molecule has 1 aromatic carbocycles. The molecule has 0 spiro atoms. The van der Waals surface area contributed by atoms with Crippen LogP contribution in [0.5, 0.6) is 5.75 Å². The third kappa shape index (κ3) is 2.47. The van der Waals surface area contributed by atoms with Crippen LogP contribution >= 0.6 is 0 Å². The predicted octanol–water partition coefficient (Wildman–Crippen LogP) is 1.25. The molecule has 2 aliphatic rings. The summed E-state index contributed by atoms with van der Waals surface area (Å²) in [6.45, 7) is 2.90. The van der Waals surface area contributed by atoms with Crippen molar-refractivity contribution in [2.75, 3.05) is 19.6 Å². The van der Waals surface area contributed by atoms with Gasteiger partial charge >= 0.3 is 0 Å². The van der Waals surface area contributed by atoms with Crippen LogP contribution in [0.15, 0.2) is 36.7 Å². The van der Waals surface area contributed by atoms with E-state index in [4.69, 9.17) is 0 Å². The first kappa shape index (κ1) is 15.2. The number of piperidine rings is 1. The lowest BCUT2D eigenvalue weighted by Crippen LogP contribution is -2.56. The van der Waals surface area contributed by atoms with Crippen LogP contribution in [-0.4, -0.2) is 45.3 Å². The van der Waals surface area contributed by atoms with Crippen LogP contribution in [0.1, 0.15) is 24.0 Å². The fourth-order valence-corrected chi connectivity index (χ4v) is 3.91. The van der Waals surface area contributed by atoms with E-state index >= 15 is 0 Å². The van der Waals surface area contributed by atoms with Crippen LogP contribution in [0, 0.1) is 0 Å². The van der Waals surface area contributed by atoms with Gasteiger partial charge in [0.15, 0.2) is 0 Å². The van der Waals surface area contributed by atoms with Crippen LogP contribution in [0.25, 0.3) is 0 Å². The predicted molar refractivity (Wildman–Crippen MR) is 89.5 cm³/mol. The van der Waals surface area contributed by atoms with Crippen molar-refractivity contribution in [2.45, 2.75) is 31.3 Å². The fourth-order valence-electron chi connectivity index (χ4n) is 3.91. The Morgan fingerprint density at radius 3 is 2.83 bits per heavy atom. The largest absolute Gasteiger partial charge is 0.508 e. The van der Waals surface area contributed by atoms with Gasteiger partial charge < -0.3 is 15.3 Å². The fraction of sp³-hybridized carbons (Fsp3) is 0.444. The zero-order valence-corrected chi connectivity index (χ0v) is 13.6. The average Bonchev–Trinajstić information content (AvgIpc) is 3.16. The van der Waals surface area contributed by atoms with E-state index in [1.807, 2.05) is 27.9 Å². The van der Waals surface area contributed by atoms with Gasteiger partial charge in [-0.3, -0.25) is 9.48 Å². The maximum absolute atomic E-state index is 13.4. The molecule has 1 aromatic heterocycles. The zero-order valence-electron chi connectivity index (χ0n) is 13.6. The number of nitrogens with zero attached hydrogens (tertiary/aromatic N) is 3. The molecule has 0 aliphatic carbocycles. The lowest BCUT2D eigenvalue weighted by atomic mass is 9.85. The van der Waals surface area contributed by atoms with Gasteiger partial charge in [0.05, 0.1) is 0 Å². The molecule has 1 amide bonds. The second-order valence-corrected chi connectivity index (χ2v) is 6.66. The molecule has 6 nitrogen and oxygen atoms in total. The normalized spacial score (nSPS) is 19.8. The van der Waals surface area contributed by atoms with Gasteiger partial charge in [0.25, 0.3) is 5.91 Å². The number of amides is 1. The maximum atomic E-state index is 13.4. The van der Waals surface area contributed by atoms with Crippen molar-refractivity contribution in [3.8, 4) is 5.75 Å². The SMILES string of the molecule is O=C(N1CCc2ccc(O)cc2C1)C1(n2cccn2)CCNCC1. The molecule has 4 rings (SSSR count). The zero-order chi connectivity index (χ0) is 16.6. The molecule has 2 N–H and O–H groups in total. The van der Waals surface area contributed by atoms with Crippen LogP contribution in [0.3, 0.4) is 0 Å². The van der Waals surface area contributed by atoms with Crippen molar-refractivity contribution < 1.29 is 9.90 Å². The Morgan fingerprint density at radius 1 is 1.25 bits per heavy atom. The van der Waals surface area contributed by atoms with Crippen LogP contribution in [-0.2, 0) is 23.3 Å². The first-order valence-electron chi connectivity index (χ1n) is 8.50. The highest BCUT2D eigenvalue weighted by Gasteiger charge is 2.44. The van der Waals surface area contributed by atoms with E-state index < -0.39 is 5.54 Å². The number of hydrogen-bond donors (Lipinski definition) is 2. The summed E-state index contributed by atoms with van der Waals surface area (Å²) in [5.74, 6) is 0.397. The Bertz CT molecular complexity index is 735. The number of hydrogen-bond acceptors (Lipinski definition) is 4. The summed E-state index contributed by atoms with van der Waals surface area (Å²) in [4.78, 5) is 15.4. The molecule has 2 aromatic rings. The molecule has 2 aliphatic heterocycles. The van der Waals surface area contributed by atoms with Crippen LogP contribution in [0.4, 0.5) is 0 Å². The Hall–Kier alpha value is -2.34. The van der Waals surface area contributed by atoms with E-state index in [2.05, 4.69) is 10.4 Å². The molecule has 0 atom stereocenters. The summed E-state index contributed by atoms with van der Waals surface area (Å²) in [6, 6.07) is 7.33. The second-order valence-electron chi connectivity index (χ2n) is 6.66. The standard InChI is InChI=1S/C18H22N4O2/c23-16-3-2-14-4-11-21(13-15(14)12-16)17(24)18(5-8-19-9-6-18)22-10-1-7-20-22/h1-3,7,10,12,19,23H,4-6,8-9,11,13H2. The van der Waals surface area contributed by atoms with E-state index in [0.29, 0.717) is 13.1 Å². The van der Waals surface area contributed by atoms with Crippen molar-refractivity contribution in [3.05, 3.63) is 47.8 Å². The van der Waals surface area contributed by atoms with E-state index in [1.54, 1.807) is 18.3 Å². The number of aromatic nitrogens is 2. The molecule has 1 saturated heterocycles. The molecular weight excluding hydrogens is 304 g/mol. The number of fused-ring (bicyclic) bond motifs is 1. The molecular formula is C18H22N4O2. The van der Waals surface area contributed by atoms with E-state index in [-0.39, 0.29) is 11.7 Å². The summed E-state index contributed by atoms with van der Waals surface area (Å²) < 4.78 is 1.84. The molecule has 0 unspecified atom stereocenters. The average molecular weight is 326 g/mol. The van der Waals surface area contributed by atoms with Crippen molar-refractivity contribution >= 4 is 5.91 Å². The minimum absolute atomic E-state index is 0.140. The Balaban J connectivity index is 1.64. The van der Waals surface area contributed by atoms with E-state index in [9.17, 15) is 9.90 Å². The number of phenols is 1. The summed E-state index contributed by atoms with van der Waals surface area (Å²) in [5.41, 5.74) is 1.66. The number of phenolic OH excluding ortho intramolecular Hbond substituents is 1. The summed E-state index contributed by atoms with van der Waals surface area (Å²) in [5, 5.41) is 17.5. The number of benzene rings is 1. The number of aromatic hydroxyl groups is 1. The Morgan fingerprint density at radius 2 is 2.08 bits per heavy atom. The molecule has 0 radical (unpaired) electrons. The first-order valence-corrected chi connectivity index (χ1v) is 8.50. The number of carbonyl (C=O) groups is 1. The topological polar surface area (TPSA) is 70.4 Å². The summed E-state index contributed by atoms with van der Waals surface area (Å²) >= 11 is 0. The van der Waals surface area contributed by atoms with Gasteiger partial charge in [0.1, 0.15) is 11.3 Å². The van der Waals surface area contributed by atoms with Gasteiger partial charge in [-0.25, -0.2) is 0 Å². The van der Waals surface area contributed by atoms with Gasteiger partial charge in [0.2, 0.25) is 0 Å². The first-order chi connectivity index (χ1) is 11.7. The van der Waals surface area contributed by atoms with Crippen molar-refractivity contribution in [1.82, 2.24) is 20.0 Å². The third-order valence-electron chi connectivity index (χ3n) is 5.26. The lowest BCUT2D eigenvalue weighted by Gasteiger charge is -2.41. The Kier molecular flexibility index (Phi) is 3.76. The molecule has 1 fully saturated rings. The van der Waals surface area contributed by atoms with Gasteiger partial charge in [-0.2, -0.15) is 5.10 Å². The highest BCUT2D eigenvalue weighted by Crippen LogP contribution is 2.32.